The topological polar surface area (TPSA) is 36.9 Å². The summed E-state index contributed by atoms with van der Waals surface area (Å²) < 4.78 is 27.1. The number of hydrogen-bond donors (Lipinski definition) is 0. The van der Waals surface area contributed by atoms with Gasteiger partial charge in [-0.05, 0) is 42.3 Å². The maximum atomic E-state index is 6.88. The van der Waals surface area contributed by atoms with Crippen molar-refractivity contribution in [2.45, 2.75) is 90.8 Å². The second-order valence-corrected chi connectivity index (χ2v) is 21.0. The molecule has 0 N–H and O–H groups in total. The van der Waals surface area contributed by atoms with Crippen molar-refractivity contribution in [3.8, 4) is 0 Å². The van der Waals surface area contributed by atoms with E-state index in [1.165, 1.54) is 0 Å². The molecule has 0 aromatic rings. The molecule has 8 heteroatoms. The molecule has 1 aliphatic heterocycles. The van der Waals surface area contributed by atoms with E-state index in [0.717, 1.165) is 42.3 Å². The van der Waals surface area contributed by atoms with Crippen LogP contribution in [0.4, 0.5) is 0 Å². The Bertz CT molecular complexity index is 305. The summed E-state index contributed by atoms with van der Waals surface area (Å²) >= 11 is 0. The van der Waals surface area contributed by atoms with E-state index in [-0.39, 0.29) is 0 Å². The maximum absolute atomic E-state index is 6.88. The Morgan fingerprint density at radius 1 is 0.545 bits per heavy atom. The summed E-state index contributed by atoms with van der Waals surface area (Å²) in [5.74, 6) is 0. The zero-order valence-corrected chi connectivity index (χ0v) is 19.8. The summed E-state index contributed by atoms with van der Waals surface area (Å²) in [6.45, 7) is 15.5. The summed E-state index contributed by atoms with van der Waals surface area (Å²) in [5.41, 5.74) is 0. The molecule has 0 aromatic carbocycles. The van der Waals surface area contributed by atoms with Gasteiger partial charge in [0.2, 0.25) is 0 Å². The highest BCUT2D eigenvalue weighted by Gasteiger charge is 2.54. The first-order valence-electron chi connectivity index (χ1n) is 9.18. The Morgan fingerprint density at radius 3 is 1.09 bits per heavy atom. The molecule has 0 unspecified atom stereocenters. The monoisotopic (exact) mass is 380 g/mol. The van der Waals surface area contributed by atoms with E-state index in [4.69, 9.17) is 16.5 Å². The molecule has 0 radical (unpaired) electrons. The van der Waals surface area contributed by atoms with Crippen molar-refractivity contribution >= 4 is 35.0 Å². The van der Waals surface area contributed by atoms with Gasteiger partial charge in [0.1, 0.15) is 0 Å². The average molecular weight is 381 g/mol. The smallest absolute Gasteiger partial charge is 0.320 e. The zero-order valence-electron chi connectivity index (χ0n) is 15.7. The first-order valence-corrected chi connectivity index (χ1v) is 17.6. The van der Waals surface area contributed by atoms with E-state index in [0.29, 0.717) is 0 Å². The Balaban J connectivity index is 3.25. The van der Waals surface area contributed by atoms with Gasteiger partial charge in [-0.2, -0.15) is 0 Å². The minimum atomic E-state index is -2.21. The van der Waals surface area contributed by atoms with Gasteiger partial charge in [-0.25, -0.2) is 0 Å². The molecular weight excluding hydrogens is 344 g/mol. The third kappa shape index (κ3) is 4.41. The molecule has 0 atom stereocenters. The van der Waals surface area contributed by atoms with Crippen molar-refractivity contribution in [2.24, 2.45) is 0 Å². The molecule has 1 aliphatic rings. The van der Waals surface area contributed by atoms with Crippen LogP contribution in [0.1, 0.15) is 48.5 Å². The van der Waals surface area contributed by atoms with Crippen molar-refractivity contribution in [3.63, 3.8) is 0 Å². The lowest BCUT2D eigenvalue weighted by Crippen LogP contribution is -2.65. The van der Waals surface area contributed by atoms with E-state index < -0.39 is 35.0 Å². The molecule has 4 nitrogen and oxygen atoms in total. The lowest BCUT2D eigenvalue weighted by atomic mass is 10.9. The number of hydrogen-bond acceptors (Lipinski definition) is 4. The second kappa shape index (κ2) is 8.70. The number of rotatable bonds is 7. The van der Waals surface area contributed by atoms with Gasteiger partial charge >= 0.3 is 35.0 Å². The second-order valence-electron chi connectivity index (χ2n) is 6.13. The minimum Gasteiger partial charge on any atom is -0.418 e. The van der Waals surface area contributed by atoms with Crippen LogP contribution in [0, 0.1) is 0 Å². The molecule has 0 aromatic heterocycles. The Labute approximate surface area is 142 Å². The van der Waals surface area contributed by atoms with Gasteiger partial charge in [0.05, 0.1) is 0 Å². The molecule has 0 aliphatic carbocycles. The van der Waals surface area contributed by atoms with Crippen molar-refractivity contribution in [1.82, 2.24) is 0 Å². The molecule has 132 valence electrons. The van der Waals surface area contributed by atoms with Crippen LogP contribution >= 0.6 is 0 Å². The van der Waals surface area contributed by atoms with Crippen LogP contribution in [0.3, 0.4) is 0 Å². The lowest BCUT2D eigenvalue weighted by molar-refractivity contribution is 0.228. The van der Waals surface area contributed by atoms with Crippen LogP contribution in [0.5, 0.6) is 0 Å². The van der Waals surface area contributed by atoms with Crippen LogP contribution in [-0.2, 0) is 16.5 Å². The van der Waals surface area contributed by atoms with E-state index in [9.17, 15) is 0 Å². The van der Waals surface area contributed by atoms with Gasteiger partial charge in [0, 0.05) is 0 Å². The SMILES string of the molecule is CC[SiH]1O[Si](CC)(CC)O[Si](CC)(CC)O[Si](CC)(CC)O1. The molecule has 1 heterocycles. The predicted molar refractivity (Wildman–Crippen MR) is 102 cm³/mol. The highest BCUT2D eigenvalue weighted by molar-refractivity contribution is 6.91. The first kappa shape index (κ1) is 20.8. The summed E-state index contributed by atoms with van der Waals surface area (Å²) in [6.07, 6.45) is 0. The summed E-state index contributed by atoms with van der Waals surface area (Å²) in [5, 5.41) is 0. The molecular formula is C14H36O4Si4. The standard InChI is InChI=1S/C14H36O4Si4/c1-8-19-15-20(9-2,10-3)17-22(13-6,14-7)18-21(11-4,12-5)16-19/h19H,8-14H2,1-7H3. The zero-order chi connectivity index (χ0) is 16.9. The highest BCUT2D eigenvalue weighted by Crippen LogP contribution is 2.37. The summed E-state index contributed by atoms with van der Waals surface area (Å²) in [4.78, 5) is 0. The van der Waals surface area contributed by atoms with Gasteiger partial charge in [-0.15, -0.1) is 0 Å². The van der Waals surface area contributed by atoms with Gasteiger partial charge in [-0.3, -0.25) is 0 Å². The Hall–Kier alpha value is 0.708. The average Bonchev–Trinajstić information content (AvgIpc) is 2.56. The van der Waals surface area contributed by atoms with Gasteiger partial charge in [0.15, 0.2) is 0 Å². The lowest BCUT2D eigenvalue weighted by Gasteiger charge is -2.49. The van der Waals surface area contributed by atoms with Gasteiger partial charge in [-0.1, -0.05) is 48.5 Å². The first-order chi connectivity index (χ1) is 10.4. The van der Waals surface area contributed by atoms with Crippen molar-refractivity contribution in [2.75, 3.05) is 0 Å². The fourth-order valence-electron chi connectivity index (χ4n) is 3.08. The highest BCUT2D eigenvalue weighted by atomic mass is 28.5. The summed E-state index contributed by atoms with van der Waals surface area (Å²) in [6, 6.07) is 7.00. The molecule has 0 amide bonds. The van der Waals surface area contributed by atoms with E-state index in [2.05, 4.69) is 48.5 Å². The molecule has 1 rings (SSSR count). The molecule has 0 spiro atoms. The van der Waals surface area contributed by atoms with Crippen molar-refractivity contribution < 1.29 is 16.5 Å². The van der Waals surface area contributed by atoms with Crippen molar-refractivity contribution in [1.29, 1.82) is 0 Å². The van der Waals surface area contributed by atoms with E-state index in [1.807, 2.05) is 0 Å². The third-order valence-corrected chi connectivity index (χ3v) is 23.6. The van der Waals surface area contributed by atoms with E-state index >= 15 is 0 Å². The fraction of sp³-hybridized carbons (Fsp3) is 1.00. The van der Waals surface area contributed by atoms with Crippen LogP contribution in [0.25, 0.3) is 0 Å². The quantitative estimate of drug-likeness (QED) is 0.597. The summed E-state index contributed by atoms with van der Waals surface area (Å²) in [7, 11) is -8.23. The minimum absolute atomic E-state index is 0.998. The molecule has 0 bridgehead atoms. The molecule has 0 saturated carbocycles. The Kier molecular flexibility index (Phi) is 8.21. The Morgan fingerprint density at radius 2 is 0.864 bits per heavy atom. The van der Waals surface area contributed by atoms with Gasteiger partial charge < -0.3 is 16.5 Å². The van der Waals surface area contributed by atoms with Crippen LogP contribution in [0.2, 0.25) is 42.3 Å². The molecule has 1 fully saturated rings. The molecule has 1 saturated heterocycles. The molecule has 22 heavy (non-hydrogen) atoms. The van der Waals surface area contributed by atoms with Crippen LogP contribution in [-0.4, -0.2) is 35.0 Å². The van der Waals surface area contributed by atoms with Crippen LogP contribution in [0.15, 0.2) is 0 Å². The maximum Gasteiger partial charge on any atom is 0.320 e. The largest absolute Gasteiger partial charge is 0.418 e. The van der Waals surface area contributed by atoms with Gasteiger partial charge in [0.25, 0.3) is 0 Å². The third-order valence-electron chi connectivity index (χ3n) is 5.00. The fourth-order valence-corrected chi connectivity index (χ4v) is 24.9. The van der Waals surface area contributed by atoms with Crippen LogP contribution < -0.4 is 0 Å². The van der Waals surface area contributed by atoms with Crippen molar-refractivity contribution in [3.05, 3.63) is 0 Å². The van der Waals surface area contributed by atoms with E-state index in [1.54, 1.807) is 0 Å². The predicted octanol–water partition coefficient (Wildman–Crippen LogP) is 4.75. The normalized spacial score (nSPS) is 24.7.